The summed E-state index contributed by atoms with van der Waals surface area (Å²) in [6, 6.07) is 0. The number of rotatable bonds is 6. The molecule has 4 N–H and O–H groups in total. The lowest BCUT2D eigenvalue weighted by Crippen LogP contribution is -2.28. The van der Waals surface area contributed by atoms with E-state index in [-0.39, 0.29) is 12.3 Å². The molecule has 0 heterocycles. The van der Waals surface area contributed by atoms with Gasteiger partial charge in [-0.15, -0.1) is 0 Å². The topological polar surface area (TPSA) is 118 Å². The fourth-order valence-corrected chi connectivity index (χ4v) is 2.81. The van der Waals surface area contributed by atoms with E-state index >= 15 is 0 Å². The molecule has 0 aromatic rings. The molecular formula is C4H13NO6P2S. The highest BCUT2D eigenvalue weighted by Gasteiger charge is 2.24. The fourth-order valence-electron chi connectivity index (χ4n) is 0.849. The first-order valence-electron chi connectivity index (χ1n) is 3.56. The summed E-state index contributed by atoms with van der Waals surface area (Å²) >= 11 is 3.81. The summed E-state index contributed by atoms with van der Waals surface area (Å²) in [6.45, 7) is 0.110. The van der Waals surface area contributed by atoms with E-state index in [1.165, 1.54) is 0 Å². The fraction of sp³-hybridized carbons (Fsp3) is 1.00. The highest BCUT2D eigenvalue weighted by Crippen LogP contribution is 2.40. The van der Waals surface area contributed by atoms with Crippen LogP contribution in [0.1, 0.15) is 0 Å². The number of nitrogens with zero attached hydrogens (tertiary/aromatic N) is 1. The average Bonchev–Trinajstić information content (AvgIpc) is 1.78. The molecule has 0 spiro atoms. The Kier molecular flexibility index (Phi) is 5.87. The van der Waals surface area contributed by atoms with Gasteiger partial charge in [0.2, 0.25) is 0 Å². The van der Waals surface area contributed by atoms with Crippen molar-refractivity contribution in [3.05, 3.63) is 0 Å². The number of hydrogen-bond acceptors (Lipinski definition) is 4. The minimum atomic E-state index is -4.29. The molecule has 7 nitrogen and oxygen atoms in total. The van der Waals surface area contributed by atoms with Gasteiger partial charge < -0.3 is 19.6 Å². The first-order chi connectivity index (χ1) is 6.14. The third-order valence-corrected chi connectivity index (χ3v) is 2.92. The molecule has 0 aromatic carbocycles. The summed E-state index contributed by atoms with van der Waals surface area (Å²) in [5.74, 6) is 0.264. The second kappa shape index (κ2) is 5.63. The van der Waals surface area contributed by atoms with Crippen LogP contribution in [0, 0.1) is 0 Å². The summed E-state index contributed by atoms with van der Waals surface area (Å²) in [4.78, 5) is 35.4. The third-order valence-electron chi connectivity index (χ3n) is 1.18. The van der Waals surface area contributed by atoms with Gasteiger partial charge in [0.25, 0.3) is 0 Å². The van der Waals surface area contributed by atoms with Crippen molar-refractivity contribution in [1.82, 2.24) is 4.90 Å². The highest BCUT2D eigenvalue weighted by molar-refractivity contribution is 7.80. The van der Waals surface area contributed by atoms with E-state index < -0.39 is 27.8 Å². The maximum absolute atomic E-state index is 10.6. The Morgan fingerprint density at radius 1 is 1.00 bits per heavy atom. The molecule has 0 saturated heterocycles. The van der Waals surface area contributed by atoms with Gasteiger partial charge >= 0.3 is 15.2 Å². The zero-order chi connectivity index (χ0) is 11.4. The van der Waals surface area contributed by atoms with Crippen LogP contribution >= 0.6 is 27.8 Å². The van der Waals surface area contributed by atoms with Gasteiger partial charge in [-0.1, -0.05) is 0 Å². The van der Waals surface area contributed by atoms with Crippen LogP contribution < -0.4 is 0 Å². The van der Waals surface area contributed by atoms with Gasteiger partial charge in [0, 0.05) is 12.3 Å². The minimum Gasteiger partial charge on any atom is -0.324 e. The van der Waals surface area contributed by atoms with Gasteiger partial charge in [0.1, 0.15) is 12.6 Å². The maximum atomic E-state index is 10.6. The number of thiol groups is 1. The summed E-state index contributed by atoms with van der Waals surface area (Å²) in [7, 11) is -8.58. The largest absolute Gasteiger partial charge is 0.339 e. The third kappa shape index (κ3) is 9.18. The Bertz CT molecular complexity index is 237. The average molecular weight is 265 g/mol. The van der Waals surface area contributed by atoms with E-state index in [2.05, 4.69) is 12.6 Å². The predicted molar refractivity (Wildman–Crippen MR) is 54.4 cm³/mol. The van der Waals surface area contributed by atoms with Crippen LogP contribution in [0.4, 0.5) is 0 Å². The van der Waals surface area contributed by atoms with Crippen molar-refractivity contribution in [2.24, 2.45) is 0 Å². The molecule has 0 rings (SSSR count). The molecule has 0 aliphatic rings. The van der Waals surface area contributed by atoms with Gasteiger partial charge in [-0.25, -0.2) is 0 Å². The Hall–Kier alpha value is 0.610. The molecule has 10 heteroatoms. The first kappa shape index (κ1) is 14.6. The Morgan fingerprint density at radius 3 is 1.57 bits per heavy atom. The van der Waals surface area contributed by atoms with Crippen LogP contribution in [0.25, 0.3) is 0 Å². The summed E-state index contributed by atoms with van der Waals surface area (Å²) < 4.78 is 21.2. The molecule has 0 unspecified atom stereocenters. The van der Waals surface area contributed by atoms with Gasteiger partial charge in [0.15, 0.2) is 0 Å². The molecular weight excluding hydrogens is 252 g/mol. The van der Waals surface area contributed by atoms with E-state index in [0.717, 1.165) is 4.90 Å². The van der Waals surface area contributed by atoms with Crippen molar-refractivity contribution in [2.45, 2.75) is 0 Å². The Labute approximate surface area is 86.9 Å². The molecule has 86 valence electrons. The molecule has 0 aliphatic carbocycles. The van der Waals surface area contributed by atoms with Gasteiger partial charge in [0.05, 0.1) is 0 Å². The maximum Gasteiger partial charge on any atom is 0.339 e. The molecule has 0 fully saturated rings. The molecule has 0 radical (unpaired) electrons. The monoisotopic (exact) mass is 265 g/mol. The van der Waals surface area contributed by atoms with Crippen molar-refractivity contribution in [2.75, 3.05) is 24.9 Å². The number of hydrogen-bond donors (Lipinski definition) is 5. The molecule has 0 amide bonds. The van der Waals surface area contributed by atoms with Crippen molar-refractivity contribution in [3.8, 4) is 0 Å². The van der Waals surface area contributed by atoms with Crippen molar-refractivity contribution < 1.29 is 28.7 Å². The van der Waals surface area contributed by atoms with E-state index in [4.69, 9.17) is 19.6 Å². The molecule has 0 aromatic heterocycles. The molecule has 14 heavy (non-hydrogen) atoms. The van der Waals surface area contributed by atoms with Crippen LogP contribution in [-0.4, -0.2) is 49.3 Å². The first-order valence-corrected chi connectivity index (χ1v) is 7.79. The van der Waals surface area contributed by atoms with Crippen LogP contribution in [0.5, 0.6) is 0 Å². The minimum absolute atomic E-state index is 0.110. The normalized spacial score (nSPS) is 13.6. The lowest BCUT2D eigenvalue weighted by atomic mass is 10.7. The van der Waals surface area contributed by atoms with Crippen molar-refractivity contribution in [3.63, 3.8) is 0 Å². The van der Waals surface area contributed by atoms with E-state index in [1.54, 1.807) is 0 Å². The van der Waals surface area contributed by atoms with Crippen LogP contribution in [0.15, 0.2) is 0 Å². The molecule has 0 bridgehead atoms. The lowest BCUT2D eigenvalue weighted by molar-refractivity contribution is 0.287. The van der Waals surface area contributed by atoms with Crippen LogP contribution in [0.3, 0.4) is 0 Å². The Morgan fingerprint density at radius 2 is 1.36 bits per heavy atom. The SMILES string of the molecule is O=P(O)(O)CN(CCS)CP(=O)(O)O. The molecule has 0 atom stereocenters. The molecule has 0 aliphatic heterocycles. The van der Waals surface area contributed by atoms with Gasteiger partial charge in [-0.05, 0) is 0 Å². The van der Waals surface area contributed by atoms with Crippen LogP contribution in [0.2, 0.25) is 0 Å². The summed E-state index contributed by atoms with van der Waals surface area (Å²) in [5.41, 5.74) is 0. The van der Waals surface area contributed by atoms with Crippen molar-refractivity contribution >= 4 is 27.8 Å². The smallest absolute Gasteiger partial charge is 0.324 e. The van der Waals surface area contributed by atoms with Gasteiger partial charge in [-0.3, -0.25) is 14.0 Å². The standard InChI is InChI=1S/C4H13NO6P2S/c6-12(7,8)3-5(1-2-14)4-13(9,10)11/h14H,1-4H2,(H2,6,7,8)(H2,9,10,11). The van der Waals surface area contributed by atoms with Crippen molar-refractivity contribution in [1.29, 1.82) is 0 Å². The van der Waals surface area contributed by atoms with Crippen LogP contribution in [-0.2, 0) is 9.13 Å². The summed E-state index contributed by atoms with van der Waals surface area (Å²) in [5, 5.41) is 0. The lowest BCUT2D eigenvalue weighted by Gasteiger charge is -2.21. The van der Waals surface area contributed by atoms with E-state index in [9.17, 15) is 9.13 Å². The predicted octanol–water partition coefficient (Wildman–Crippen LogP) is -0.511. The quantitative estimate of drug-likeness (QED) is 0.324. The summed E-state index contributed by atoms with van der Waals surface area (Å²) in [6.07, 6.45) is -1.34. The highest BCUT2D eigenvalue weighted by atomic mass is 32.1. The van der Waals surface area contributed by atoms with Gasteiger partial charge in [-0.2, -0.15) is 12.6 Å². The Balaban J connectivity index is 4.31. The zero-order valence-electron chi connectivity index (χ0n) is 7.22. The second-order valence-corrected chi connectivity index (χ2v) is 6.40. The van der Waals surface area contributed by atoms with E-state index in [0.29, 0.717) is 0 Å². The zero-order valence-corrected chi connectivity index (χ0v) is 9.91. The molecule has 0 saturated carbocycles. The van der Waals surface area contributed by atoms with E-state index in [1.807, 2.05) is 0 Å². The second-order valence-electron chi connectivity index (χ2n) is 2.73.